The first-order valence-corrected chi connectivity index (χ1v) is 9.78. The molecule has 0 heterocycles. The number of hydrogen-bond donors (Lipinski definition) is 0. The summed E-state index contributed by atoms with van der Waals surface area (Å²) in [5.41, 5.74) is -29.6. The lowest BCUT2D eigenvalue weighted by atomic mass is 9.98. The molecule has 0 aromatic carbocycles. The van der Waals surface area contributed by atoms with Crippen molar-refractivity contribution in [2.24, 2.45) is 0 Å². The van der Waals surface area contributed by atoms with E-state index in [0.29, 0.717) is 0 Å². The zero-order chi connectivity index (χ0) is 29.8. The molecule has 0 aliphatic rings. The summed E-state index contributed by atoms with van der Waals surface area (Å²) in [5.74, 6) is -2.66. The summed E-state index contributed by atoms with van der Waals surface area (Å²) in [7, 11) is -16.5. The molecular formula is C10F18O6S2. The van der Waals surface area contributed by atoms with Gasteiger partial charge in [0.15, 0.2) is 0 Å². The van der Waals surface area contributed by atoms with Gasteiger partial charge in [-0.1, -0.05) is 0 Å². The van der Waals surface area contributed by atoms with Gasteiger partial charge in [-0.25, -0.2) is 8.37 Å². The third-order valence-electron chi connectivity index (χ3n) is 3.05. The van der Waals surface area contributed by atoms with Gasteiger partial charge in [0, 0.05) is 0 Å². The van der Waals surface area contributed by atoms with E-state index in [9.17, 15) is 95.9 Å². The number of hydrogen-bond acceptors (Lipinski definition) is 6. The lowest BCUT2D eigenvalue weighted by Gasteiger charge is -2.34. The topological polar surface area (TPSA) is 86.7 Å². The van der Waals surface area contributed by atoms with Crippen LogP contribution in [-0.4, -0.2) is 63.8 Å². The SMILES string of the molecule is O=S(=O)(OC(C#CC(OS(=O)(=O)C(F)(F)F)(C(F)(F)F)C(F)(F)F)(C(F)(F)F)C(F)(F)F)C(F)(F)F. The van der Waals surface area contributed by atoms with E-state index >= 15 is 0 Å². The Morgan fingerprint density at radius 1 is 0.389 bits per heavy atom. The molecule has 6 nitrogen and oxygen atoms in total. The Balaban J connectivity index is 7.95. The van der Waals surface area contributed by atoms with Crippen LogP contribution in [0, 0.1) is 11.8 Å². The standard InChI is InChI=1S/C10F18O6S2/c11-5(12,13)3(6(14,15)16,33-35(29,30)9(23,24)25)1-2-4(7(17,18)19,8(20,21)22)34-36(31,32)10(26,27)28. The molecule has 0 rings (SSSR count). The maximum atomic E-state index is 13.0. The fourth-order valence-electron chi connectivity index (χ4n) is 1.44. The van der Waals surface area contributed by atoms with E-state index < -0.39 is 79.0 Å². The first-order valence-electron chi connectivity index (χ1n) is 6.97. The van der Waals surface area contributed by atoms with Gasteiger partial charge < -0.3 is 0 Å². The highest BCUT2D eigenvalue weighted by Crippen LogP contribution is 2.51. The maximum absolute atomic E-state index is 13.0. The van der Waals surface area contributed by atoms with Crippen molar-refractivity contribution < 1.29 is 104 Å². The fraction of sp³-hybridized carbons (Fsp3) is 0.800. The smallest absolute Gasteiger partial charge is 0.223 e. The van der Waals surface area contributed by atoms with E-state index in [-0.39, 0.29) is 0 Å². The van der Waals surface area contributed by atoms with Crippen molar-refractivity contribution in [2.75, 3.05) is 0 Å². The van der Waals surface area contributed by atoms with Crippen molar-refractivity contribution in [3.05, 3.63) is 0 Å². The van der Waals surface area contributed by atoms with Crippen LogP contribution in [0.5, 0.6) is 0 Å². The predicted molar refractivity (Wildman–Crippen MR) is 69.6 cm³/mol. The van der Waals surface area contributed by atoms with Crippen LogP contribution >= 0.6 is 0 Å². The molecule has 0 radical (unpaired) electrons. The molecule has 214 valence electrons. The molecule has 0 spiro atoms. The molecule has 36 heavy (non-hydrogen) atoms. The van der Waals surface area contributed by atoms with Crippen LogP contribution < -0.4 is 0 Å². The summed E-state index contributed by atoms with van der Waals surface area (Å²) in [6, 6.07) is 0. The number of rotatable bonds is 4. The summed E-state index contributed by atoms with van der Waals surface area (Å²) in [6.45, 7) is 0. The Kier molecular flexibility index (Phi) is 8.39. The normalized spacial score (nSPS) is 15.9. The van der Waals surface area contributed by atoms with Crippen molar-refractivity contribution in [2.45, 2.75) is 46.9 Å². The molecule has 0 aromatic heterocycles. The van der Waals surface area contributed by atoms with Gasteiger partial charge in [0.25, 0.3) is 0 Å². The summed E-state index contributed by atoms with van der Waals surface area (Å²) in [6.07, 6.45) is -31.4. The first-order chi connectivity index (χ1) is 15.1. The molecule has 0 aliphatic carbocycles. The molecule has 0 fully saturated rings. The van der Waals surface area contributed by atoms with Crippen LogP contribution in [0.4, 0.5) is 79.0 Å². The van der Waals surface area contributed by atoms with Gasteiger partial charge in [-0.3, -0.25) is 0 Å². The van der Waals surface area contributed by atoms with Gasteiger partial charge in [-0.2, -0.15) is 95.9 Å². The van der Waals surface area contributed by atoms with Crippen LogP contribution in [0.2, 0.25) is 0 Å². The molecule has 0 amide bonds. The Hall–Kier alpha value is -1.88. The van der Waals surface area contributed by atoms with Gasteiger partial charge in [-0.05, 0) is 11.8 Å². The Morgan fingerprint density at radius 3 is 0.667 bits per heavy atom. The minimum absolute atomic E-state index is 1.33. The second-order valence-corrected chi connectivity index (χ2v) is 8.65. The van der Waals surface area contributed by atoms with Gasteiger partial charge in [0.05, 0.1) is 0 Å². The van der Waals surface area contributed by atoms with Gasteiger partial charge in [0.2, 0.25) is 0 Å². The van der Waals surface area contributed by atoms with Crippen LogP contribution in [-0.2, 0) is 28.6 Å². The third-order valence-corrected chi connectivity index (χ3v) is 5.12. The van der Waals surface area contributed by atoms with E-state index in [4.69, 9.17) is 0 Å². The highest BCUT2D eigenvalue weighted by Gasteiger charge is 2.79. The molecule has 26 heteroatoms. The zero-order valence-electron chi connectivity index (χ0n) is 15.1. The van der Waals surface area contributed by atoms with Gasteiger partial charge in [0.1, 0.15) is 0 Å². The van der Waals surface area contributed by atoms with Crippen molar-refractivity contribution in [3.8, 4) is 11.8 Å². The highest BCUT2D eigenvalue weighted by atomic mass is 32.2. The largest absolute Gasteiger partial charge is 0.523 e. The Morgan fingerprint density at radius 2 is 0.556 bits per heavy atom. The van der Waals surface area contributed by atoms with Crippen LogP contribution in [0.3, 0.4) is 0 Å². The van der Waals surface area contributed by atoms with Crippen LogP contribution in [0.25, 0.3) is 0 Å². The quantitative estimate of drug-likeness (QED) is 0.200. The minimum atomic E-state index is -8.26. The van der Waals surface area contributed by atoms with E-state index in [1.807, 2.05) is 0 Å². The van der Waals surface area contributed by atoms with Crippen molar-refractivity contribution >= 4 is 20.2 Å². The maximum Gasteiger partial charge on any atom is 0.523 e. The molecule has 0 N–H and O–H groups in total. The highest BCUT2D eigenvalue weighted by molar-refractivity contribution is 7.87. The summed E-state index contributed by atoms with van der Waals surface area (Å²) in [5, 5.41) is 0. The second-order valence-electron chi connectivity index (χ2n) is 5.57. The van der Waals surface area contributed by atoms with Crippen LogP contribution in [0.15, 0.2) is 0 Å². The van der Waals surface area contributed by atoms with E-state index in [0.717, 1.165) is 0 Å². The average molecular weight is 622 g/mol. The zero-order valence-corrected chi connectivity index (χ0v) is 16.7. The molecule has 0 saturated heterocycles. The van der Waals surface area contributed by atoms with Crippen LogP contribution in [0.1, 0.15) is 0 Å². The lowest BCUT2D eigenvalue weighted by molar-refractivity contribution is -0.339. The molecule has 0 bridgehead atoms. The Bertz CT molecular complexity index is 972. The first kappa shape index (κ1) is 34.1. The fourth-order valence-corrected chi connectivity index (χ4v) is 2.74. The van der Waals surface area contributed by atoms with Crippen molar-refractivity contribution in [1.29, 1.82) is 0 Å². The monoisotopic (exact) mass is 622 g/mol. The van der Waals surface area contributed by atoms with E-state index in [1.54, 1.807) is 8.37 Å². The third kappa shape index (κ3) is 6.15. The number of alkyl halides is 18. The Labute approximate surface area is 184 Å². The molecule has 0 aromatic rings. The average Bonchev–Trinajstić information content (AvgIpc) is 2.50. The lowest BCUT2D eigenvalue weighted by Crippen LogP contribution is -2.62. The second kappa shape index (κ2) is 8.85. The minimum Gasteiger partial charge on any atom is -0.223 e. The van der Waals surface area contributed by atoms with Crippen molar-refractivity contribution in [3.63, 3.8) is 0 Å². The molecule has 0 aliphatic heterocycles. The predicted octanol–water partition coefficient (Wildman–Crippen LogP) is 4.45. The molecule has 0 saturated carbocycles. The van der Waals surface area contributed by atoms with E-state index in [2.05, 4.69) is 0 Å². The summed E-state index contributed by atoms with van der Waals surface area (Å²) in [4.78, 5) is 0. The van der Waals surface area contributed by atoms with Gasteiger partial charge in [-0.15, -0.1) is 0 Å². The summed E-state index contributed by atoms with van der Waals surface area (Å²) < 4.78 is 276. The molecule has 0 unspecified atom stereocenters. The van der Waals surface area contributed by atoms with Crippen molar-refractivity contribution in [1.82, 2.24) is 0 Å². The number of halogens is 18. The van der Waals surface area contributed by atoms with E-state index in [1.165, 1.54) is 0 Å². The molecule has 0 atom stereocenters. The summed E-state index contributed by atoms with van der Waals surface area (Å²) >= 11 is 0. The van der Waals surface area contributed by atoms with Gasteiger partial charge >= 0.3 is 67.2 Å². The molecular weight excluding hydrogens is 622 g/mol.